The lowest BCUT2D eigenvalue weighted by Gasteiger charge is -2.13. The van der Waals surface area contributed by atoms with Crippen LogP contribution in [0.15, 0.2) is 41.3 Å². The van der Waals surface area contributed by atoms with Gasteiger partial charge in [0.2, 0.25) is 0 Å². The van der Waals surface area contributed by atoms with Gasteiger partial charge in [-0.3, -0.25) is 19.1 Å². The smallest absolute Gasteiger partial charge is 0.416 e. The standard InChI is InChI=1S/C19H18F3NO5S/c1-11(2)14-6-4-12(3)8-16(14)28-18(24)10-29(27)17-7-5-13(19(20,21)22)9-15(17)23(25)26/h4-9,11H,10H2,1-3H3/t29-/m0/s1. The molecule has 2 rings (SSSR count). The van der Waals surface area contributed by atoms with Crippen LogP contribution in [0.5, 0.6) is 5.75 Å². The average molecular weight is 429 g/mol. The first-order valence-electron chi connectivity index (χ1n) is 8.45. The van der Waals surface area contributed by atoms with Crippen molar-refractivity contribution in [1.29, 1.82) is 0 Å². The second kappa shape index (κ2) is 8.73. The molecule has 29 heavy (non-hydrogen) atoms. The van der Waals surface area contributed by atoms with Crippen LogP contribution in [-0.4, -0.2) is 20.9 Å². The Bertz CT molecular complexity index is 973. The van der Waals surface area contributed by atoms with Gasteiger partial charge in [0.05, 0.1) is 21.3 Å². The molecule has 0 bridgehead atoms. The predicted molar refractivity (Wildman–Crippen MR) is 100 cm³/mol. The number of halogens is 3. The van der Waals surface area contributed by atoms with E-state index in [0.29, 0.717) is 12.1 Å². The fourth-order valence-corrected chi connectivity index (χ4v) is 3.59. The predicted octanol–water partition coefficient (Wildman–Crippen LogP) is 4.76. The SMILES string of the molecule is Cc1ccc(C(C)C)c(OC(=O)C[S@](=O)c2ccc(C(F)(F)F)cc2[N+](=O)[O-])c1. The van der Waals surface area contributed by atoms with Gasteiger partial charge in [-0.15, -0.1) is 0 Å². The zero-order chi connectivity index (χ0) is 21.9. The van der Waals surface area contributed by atoms with Gasteiger partial charge in [-0.2, -0.15) is 13.2 Å². The molecule has 0 spiro atoms. The van der Waals surface area contributed by atoms with Crippen molar-refractivity contribution in [2.45, 2.75) is 37.8 Å². The highest BCUT2D eigenvalue weighted by atomic mass is 32.2. The van der Waals surface area contributed by atoms with Gasteiger partial charge in [0.25, 0.3) is 5.69 Å². The minimum absolute atomic E-state index is 0.0416. The van der Waals surface area contributed by atoms with E-state index in [4.69, 9.17) is 4.74 Å². The molecule has 0 aliphatic rings. The van der Waals surface area contributed by atoms with E-state index in [-0.39, 0.29) is 11.7 Å². The van der Waals surface area contributed by atoms with Crippen LogP contribution in [0.4, 0.5) is 18.9 Å². The number of rotatable bonds is 6. The molecular formula is C19H18F3NO5S. The number of aryl methyl sites for hydroxylation is 1. The van der Waals surface area contributed by atoms with Crippen LogP contribution < -0.4 is 4.74 Å². The van der Waals surface area contributed by atoms with Crippen LogP contribution in [-0.2, 0) is 21.8 Å². The largest absolute Gasteiger partial charge is 0.426 e. The van der Waals surface area contributed by atoms with Crippen molar-refractivity contribution in [2.24, 2.45) is 0 Å². The summed E-state index contributed by atoms with van der Waals surface area (Å²) < 4.78 is 56.1. The van der Waals surface area contributed by atoms with Crippen LogP contribution in [0.3, 0.4) is 0 Å². The molecule has 6 nitrogen and oxygen atoms in total. The van der Waals surface area contributed by atoms with E-state index in [1.165, 1.54) is 0 Å². The van der Waals surface area contributed by atoms with Crippen LogP contribution in [0, 0.1) is 17.0 Å². The van der Waals surface area contributed by atoms with Crippen molar-refractivity contribution in [3.8, 4) is 5.75 Å². The van der Waals surface area contributed by atoms with Crippen LogP contribution in [0.25, 0.3) is 0 Å². The van der Waals surface area contributed by atoms with E-state index >= 15 is 0 Å². The summed E-state index contributed by atoms with van der Waals surface area (Å²) in [7, 11) is -2.26. The summed E-state index contributed by atoms with van der Waals surface area (Å²) in [6.07, 6.45) is -4.79. The zero-order valence-corrected chi connectivity index (χ0v) is 16.6. The highest BCUT2D eigenvalue weighted by molar-refractivity contribution is 7.85. The van der Waals surface area contributed by atoms with Gasteiger partial charge >= 0.3 is 12.1 Å². The quantitative estimate of drug-likeness (QED) is 0.286. The molecule has 0 aliphatic carbocycles. The van der Waals surface area contributed by atoms with Gasteiger partial charge < -0.3 is 4.74 Å². The Morgan fingerprint density at radius 3 is 2.41 bits per heavy atom. The number of alkyl halides is 3. The number of hydrogen-bond donors (Lipinski definition) is 0. The lowest BCUT2D eigenvalue weighted by atomic mass is 10.0. The summed E-state index contributed by atoms with van der Waals surface area (Å²) in [5.41, 5.74) is -0.634. The monoisotopic (exact) mass is 429 g/mol. The topological polar surface area (TPSA) is 86.5 Å². The first kappa shape index (κ1) is 22.5. The van der Waals surface area contributed by atoms with Gasteiger partial charge in [0.15, 0.2) is 0 Å². The third-order valence-electron chi connectivity index (χ3n) is 3.99. The summed E-state index contributed by atoms with van der Waals surface area (Å²) in [6.45, 7) is 5.59. The molecule has 0 fully saturated rings. The van der Waals surface area contributed by atoms with E-state index in [0.717, 1.165) is 17.2 Å². The third kappa shape index (κ3) is 5.63. The minimum Gasteiger partial charge on any atom is -0.426 e. The van der Waals surface area contributed by atoms with E-state index in [1.807, 2.05) is 19.9 Å². The summed E-state index contributed by atoms with van der Waals surface area (Å²) >= 11 is 0. The number of ether oxygens (including phenoxy) is 1. The van der Waals surface area contributed by atoms with Crippen LogP contribution in [0.1, 0.15) is 36.5 Å². The number of nitrogens with zero attached hydrogens (tertiary/aromatic N) is 1. The van der Waals surface area contributed by atoms with Crippen molar-refractivity contribution in [1.82, 2.24) is 0 Å². The van der Waals surface area contributed by atoms with Crippen LogP contribution in [0.2, 0.25) is 0 Å². The second-order valence-corrected chi connectivity index (χ2v) is 8.02. The molecule has 2 aromatic carbocycles. The molecule has 0 saturated carbocycles. The minimum atomic E-state index is -4.79. The van der Waals surface area contributed by atoms with Crippen LogP contribution >= 0.6 is 0 Å². The van der Waals surface area contributed by atoms with E-state index in [1.54, 1.807) is 19.1 Å². The Morgan fingerprint density at radius 2 is 1.86 bits per heavy atom. The molecule has 0 N–H and O–H groups in total. The first-order chi connectivity index (χ1) is 13.4. The van der Waals surface area contributed by atoms with E-state index in [9.17, 15) is 32.3 Å². The summed E-state index contributed by atoms with van der Waals surface area (Å²) in [5, 5.41) is 11.1. The molecule has 0 saturated heterocycles. The number of carbonyl (C=O) groups is 1. The van der Waals surface area contributed by atoms with E-state index in [2.05, 4.69) is 0 Å². The Kier molecular flexibility index (Phi) is 6.78. The molecule has 1 atom stereocenters. The number of hydrogen-bond acceptors (Lipinski definition) is 5. The maximum Gasteiger partial charge on any atom is 0.416 e. The van der Waals surface area contributed by atoms with Crippen molar-refractivity contribution < 1.29 is 31.8 Å². The van der Waals surface area contributed by atoms with Gasteiger partial charge in [-0.05, 0) is 42.2 Å². The number of benzene rings is 2. The van der Waals surface area contributed by atoms with Gasteiger partial charge in [0.1, 0.15) is 16.4 Å². The lowest BCUT2D eigenvalue weighted by Crippen LogP contribution is -2.19. The summed E-state index contributed by atoms with van der Waals surface area (Å²) in [4.78, 5) is 21.8. The Morgan fingerprint density at radius 1 is 1.21 bits per heavy atom. The molecule has 0 unspecified atom stereocenters. The van der Waals surface area contributed by atoms with Crippen molar-refractivity contribution >= 4 is 22.5 Å². The number of nitro groups is 1. The molecular weight excluding hydrogens is 411 g/mol. The molecule has 0 amide bonds. The molecule has 0 radical (unpaired) electrons. The number of carbonyl (C=O) groups excluding carboxylic acids is 1. The fourth-order valence-electron chi connectivity index (χ4n) is 2.57. The number of nitro benzene ring substituents is 1. The first-order valence-corrected chi connectivity index (χ1v) is 9.77. The maximum atomic E-state index is 12.8. The van der Waals surface area contributed by atoms with Crippen molar-refractivity contribution in [3.05, 3.63) is 63.2 Å². The Labute approximate surface area is 167 Å². The van der Waals surface area contributed by atoms with Gasteiger partial charge in [0, 0.05) is 6.07 Å². The molecule has 0 heterocycles. The zero-order valence-electron chi connectivity index (χ0n) is 15.8. The third-order valence-corrected chi connectivity index (χ3v) is 5.33. The Hall–Kier alpha value is -2.75. The Balaban J connectivity index is 2.26. The van der Waals surface area contributed by atoms with Gasteiger partial charge in [-0.1, -0.05) is 26.0 Å². The van der Waals surface area contributed by atoms with Gasteiger partial charge in [-0.25, -0.2) is 0 Å². The molecule has 2 aromatic rings. The van der Waals surface area contributed by atoms with Crippen molar-refractivity contribution in [2.75, 3.05) is 5.75 Å². The normalized spacial score (nSPS) is 12.7. The molecule has 0 aromatic heterocycles. The summed E-state index contributed by atoms with van der Waals surface area (Å²) in [6, 6.07) is 6.91. The average Bonchev–Trinajstić information content (AvgIpc) is 2.59. The fraction of sp³-hybridized carbons (Fsp3) is 0.316. The molecule has 10 heteroatoms. The maximum absolute atomic E-state index is 12.8. The molecule has 0 aliphatic heterocycles. The highest BCUT2D eigenvalue weighted by Gasteiger charge is 2.34. The van der Waals surface area contributed by atoms with E-state index < -0.39 is 49.8 Å². The molecule has 156 valence electrons. The van der Waals surface area contributed by atoms with Crippen molar-refractivity contribution in [3.63, 3.8) is 0 Å². The number of esters is 1. The lowest BCUT2D eigenvalue weighted by molar-refractivity contribution is -0.388. The highest BCUT2D eigenvalue weighted by Crippen LogP contribution is 2.34. The summed E-state index contributed by atoms with van der Waals surface area (Å²) in [5.74, 6) is -1.33. The second-order valence-electron chi connectivity index (χ2n) is 6.60.